The number of hydrogen-bond donors (Lipinski definition) is 0. The van der Waals surface area contributed by atoms with E-state index in [-0.39, 0.29) is 11.2 Å². The lowest BCUT2D eigenvalue weighted by molar-refractivity contribution is -0.121. The van der Waals surface area contributed by atoms with Crippen molar-refractivity contribution in [2.75, 3.05) is 5.33 Å². The van der Waals surface area contributed by atoms with Crippen molar-refractivity contribution in [1.29, 1.82) is 0 Å². The molecule has 0 fully saturated rings. The number of ketones is 1. The molecule has 1 aromatic carbocycles. The molecular weight excluding hydrogens is 451 g/mol. The molecule has 0 N–H and O–H groups in total. The van der Waals surface area contributed by atoms with Crippen LogP contribution in [0.15, 0.2) is 24.3 Å². The third-order valence-corrected chi connectivity index (χ3v) is 5.49. The summed E-state index contributed by atoms with van der Waals surface area (Å²) < 4.78 is 1.16. The van der Waals surface area contributed by atoms with Crippen molar-refractivity contribution in [3.63, 3.8) is 0 Å². The summed E-state index contributed by atoms with van der Waals surface area (Å²) >= 11 is 5.64. The van der Waals surface area contributed by atoms with Gasteiger partial charge in [0, 0.05) is 9.99 Å². The highest BCUT2D eigenvalue weighted by atomic mass is 127. The van der Waals surface area contributed by atoms with Crippen LogP contribution in [0.2, 0.25) is 0 Å². The maximum absolute atomic E-state index is 12.5. The minimum absolute atomic E-state index is 0.137. The van der Waals surface area contributed by atoms with Gasteiger partial charge in [0.05, 0.1) is 10.7 Å². The first-order chi connectivity index (χ1) is 10.2. The molecule has 0 saturated heterocycles. The van der Waals surface area contributed by atoms with Crippen LogP contribution in [0.5, 0.6) is 0 Å². The Morgan fingerprint density at radius 2 is 2.00 bits per heavy atom. The zero-order valence-corrected chi connectivity index (χ0v) is 17.3. The van der Waals surface area contributed by atoms with E-state index in [1.165, 1.54) is 0 Å². The predicted octanol–water partition coefficient (Wildman–Crippen LogP) is 5.73. The molecule has 1 rings (SSSR count). The fourth-order valence-corrected chi connectivity index (χ4v) is 3.87. The third kappa shape index (κ3) is 5.38. The zero-order chi connectivity index (χ0) is 16.8. The third-order valence-electron chi connectivity index (χ3n) is 4.31. The molecule has 22 heavy (non-hydrogen) atoms. The largest absolute Gasteiger partial charge is 0.298 e. The molecule has 0 spiro atoms. The molecule has 1 atom stereocenters. The van der Waals surface area contributed by atoms with Crippen LogP contribution in [0.1, 0.15) is 52.0 Å². The van der Waals surface area contributed by atoms with Gasteiger partial charge in [0.15, 0.2) is 5.78 Å². The van der Waals surface area contributed by atoms with Gasteiger partial charge in [-0.25, -0.2) is 0 Å². The van der Waals surface area contributed by atoms with E-state index in [2.05, 4.69) is 83.4 Å². The summed E-state index contributed by atoms with van der Waals surface area (Å²) in [7, 11) is 0. The second-order valence-corrected chi connectivity index (χ2v) is 8.60. The van der Waals surface area contributed by atoms with Crippen LogP contribution in [-0.2, 0) is 10.2 Å². The molecule has 0 aliphatic heterocycles. The number of terminal acetylenes is 1. The lowest BCUT2D eigenvalue weighted by atomic mass is 9.73. The number of alkyl halides is 1. The van der Waals surface area contributed by atoms with Crippen LogP contribution in [0.25, 0.3) is 0 Å². The lowest BCUT2D eigenvalue weighted by Gasteiger charge is -2.30. The Morgan fingerprint density at radius 1 is 1.32 bits per heavy atom. The molecular formula is C19H24BrIO. The Morgan fingerprint density at radius 3 is 2.55 bits per heavy atom. The normalized spacial score (nSPS) is 14.2. The number of rotatable bonds is 8. The molecule has 0 aliphatic rings. The number of Topliss-reactive ketones (excluding diaryl/α,β-unsaturated/α-hetero) is 1. The minimum Gasteiger partial charge on any atom is -0.298 e. The number of benzene rings is 1. The molecule has 1 unspecified atom stereocenters. The van der Waals surface area contributed by atoms with Gasteiger partial charge in [0.2, 0.25) is 0 Å². The number of hydrogen-bond acceptors (Lipinski definition) is 1. The molecule has 0 aromatic heterocycles. The van der Waals surface area contributed by atoms with Crippen molar-refractivity contribution in [2.24, 2.45) is 5.41 Å². The lowest BCUT2D eigenvalue weighted by Crippen LogP contribution is -2.34. The summed E-state index contributed by atoms with van der Waals surface area (Å²) in [5.41, 5.74) is 0.813. The smallest absolute Gasteiger partial charge is 0.153 e. The molecule has 0 saturated carbocycles. The van der Waals surface area contributed by atoms with Crippen molar-refractivity contribution in [2.45, 2.75) is 51.9 Å². The van der Waals surface area contributed by atoms with E-state index in [0.717, 1.165) is 34.8 Å². The second kappa shape index (κ2) is 8.49. The van der Waals surface area contributed by atoms with E-state index < -0.39 is 5.41 Å². The van der Waals surface area contributed by atoms with Crippen molar-refractivity contribution < 1.29 is 4.79 Å². The van der Waals surface area contributed by atoms with E-state index in [0.29, 0.717) is 5.33 Å². The first-order valence-corrected chi connectivity index (χ1v) is 9.74. The van der Waals surface area contributed by atoms with Crippen LogP contribution < -0.4 is 0 Å². The molecule has 3 heteroatoms. The summed E-state index contributed by atoms with van der Waals surface area (Å²) in [6.07, 6.45) is 9.10. The van der Waals surface area contributed by atoms with E-state index in [1.54, 1.807) is 0 Å². The molecule has 0 amide bonds. The molecule has 0 radical (unpaired) electrons. The average Bonchev–Trinajstić information content (AvgIpc) is 2.45. The predicted molar refractivity (Wildman–Crippen MR) is 106 cm³/mol. The van der Waals surface area contributed by atoms with Crippen molar-refractivity contribution in [3.8, 4) is 12.3 Å². The van der Waals surface area contributed by atoms with Crippen LogP contribution in [0, 0.1) is 21.3 Å². The summed E-state index contributed by atoms with van der Waals surface area (Å²) in [4.78, 5) is 12.5. The van der Waals surface area contributed by atoms with Gasteiger partial charge < -0.3 is 0 Å². The monoisotopic (exact) mass is 474 g/mol. The average molecular weight is 475 g/mol. The van der Waals surface area contributed by atoms with Crippen LogP contribution in [0.3, 0.4) is 0 Å². The molecule has 1 aromatic rings. The maximum Gasteiger partial charge on any atom is 0.153 e. The van der Waals surface area contributed by atoms with Gasteiger partial charge in [-0.15, -0.1) is 12.3 Å². The van der Waals surface area contributed by atoms with Gasteiger partial charge in [-0.2, -0.15) is 0 Å². The van der Waals surface area contributed by atoms with Gasteiger partial charge in [-0.3, -0.25) is 4.79 Å². The fourth-order valence-electron chi connectivity index (χ4n) is 2.71. The summed E-state index contributed by atoms with van der Waals surface area (Å²) in [5, 5.41) is 0.392. The van der Waals surface area contributed by atoms with Crippen molar-refractivity contribution in [1.82, 2.24) is 0 Å². The summed E-state index contributed by atoms with van der Waals surface area (Å²) in [6, 6.07) is 8.27. The number of carbonyl (C=O) groups is 1. The number of carbonyl (C=O) groups excluding carboxylic acids is 1. The molecule has 0 aliphatic carbocycles. The zero-order valence-electron chi connectivity index (χ0n) is 13.6. The Kier molecular flexibility index (Phi) is 7.61. The minimum atomic E-state index is -0.434. The molecule has 0 bridgehead atoms. The Bertz CT molecular complexity index is 559. The van der Waals surface area contributed by atoms with E-state index in [9.17, 15) is 4.79 Å². The highest BCUT2D eigenvalue weighted by molar-refractivity contribution is 14.1. The first kappa shape index (κ1) is 19.7. The fraction of sp³-hybridized carbons (Fsp3) is 0.526. The van der Waals surface area contributed by atoms with Crippen molar-refractivity contribution >= 4 is 44.3 Å². The first-order valence-electron chi connectivity index (χ1n) is 7.54. The van der Waals surface area contributed by atoms with Gasteiger partial charge in [-0.1, -0.05) is 48.3 Å². The van der Waals surface area contributed by atoms with Crippen LogP contribution in [0.4, 0.5) is 0 Å². The van der Waals surface area contributed by atoms with E-state index in [4.69, 9.17) is 6.42 Å². The van der Waals surface area contributed by atoms with Gasteiger partial charge >= 0.3 is 0 Å². The van der Waals surface area contributed by atoms with E-state index >= 15 is 0 Å². The van der Waals surface area contributed by atoms with Gasteiger partial charge in [0.1, 0.15) is 0 Å². The Hall–Kier alpha value is -0.340. The summed E-state index contributed by atoms with van der Waals surface area (Å²) in [6.45, 7) is 6.46. The number of halogens is 2. The highest BCUT2D eigenvalue weighted by Gasteiger charge is 2.34. The van der Waals surface area contributed by atoms with Gasteiger partial charge in [0.25, 0.3) is 0 Å². The van der Waals surface area contributed by atoms with Crippen molar-refractivity contribution in [3.05, 3.63) is 33.4 Å². The summed E-state index contributed by atoms with van der Waals surface area (Å²) in [5.74, 6) is 2.99. The maximum atomic E-state index is 12.5. The second-order valence-electron chi connectivity index (χ2n) is 6.80. The molecule has 1 nitrogen and oxygen atoms in total. The van der Waals surface area contributed by atoms with Crippen LogP contribution in [-0.4, -0.2) is 11.1 Å². The van der Waals surface area contributed by atoms with E-state index in [1.807, 2.05) is 6.07 Å². The topological polar surface area (TPSA) is 17.1 Å². The Labute approximate surface area is 156 Å². The SMILES string of the molecule is C#CCC(C)(C)CCCC(C)(C(=O)CBr)c1cccc(I)c1. The Balaban J connectivity index is 2.91. The highest BCUT2D eigenvalue weighted by Crippen LogP contribution is 2.35. The van der Waals surface area contributed by atoms with Gasteiger partial charge in [-0.05, 0) is 65.5 Å². The molecule has 120 valence electrons. The van der Waals surface area contributed by atoms with Crippen LogP contribution >= 0.6 is 38.5 Å². The quantitative estimate of drug-likeness (QED) is 0.267. The molecule has 0 heterocycles. The standard InChI is InChI=1S/C19H24BrIO/c1-5-10-18(2,3)11-7-12-19(4,17(22)14-20)15-8-6-9-16(21)13-15/h1,6,8-9,13H,7,10-12,14H2,2-4H3.